The monoisotopic (exact) mass is 169 g/mol. The number of hydrogen-bond acceptors (Lipinski definition) is 4. The molecule has 0 saturated carbocycles. The van der Waals surface area contributed by atoms with Crippen LogP contribution in [0.25, 0.3) is 0 Å². The van der Waals surface area contributed by atoms with Gasteiger partial charge in [0, 0.05) is 6.92 Å². The van der Waals surface area contributed by atoms with E-state index in [-0.39, 0.29) is 17.3 Å². The largest absolute Gasteiger partial charge is 0.435 e. The third-order valence-corrected chi connectivity index (χ3v) is 1.19. The van der Waals surface area contributed by atoms with Gasteiger partial charge < -0.3 is 15.9 Å². The van der Waals surface area contributed by atoms with Gasteiger partial charge in [-0.05, 0) is 0 Å². The number of carbonyl (C=O) groups is 2. The van der Waals surface area contributed by atoms with E-state index >= 15 is 0 Å². The first-order valence-electron chi connectivity index (χ1n) is 3.09. The quantitative estimate of drug-likeness (QED) is 0.602. The Balaban J connectivity index is 3.26. The molecule has 1 rings (SSSR count). The van der Waals surface area contributed by atoms with E-state index < -0.39 is 11.8 Å². The Hall–Kier alpha value is -1.85. The van der Waals surface area contributed by atoms with Gasteiger partial charge in [0.2, 0.25) is 5.76 Å². The summed E-state index contributed by atoms with van der Waals surface area (Å²) in [6.07, 6.45) is 0. The SMILES string of the molecule is Cc1nc(C(N)=O)c(C(N)=O)o1. The first-order chi connectivity index (χ1) is 5.52. The second-order valence-electron chi connectivity index (χ2n) is 2.14. The van der Waals surface area contributed by atoms with Crippen LogP contribution in [0.5, 0.6) is 0 Å². The van der Waals surface area contributed by atoms with Gasteiger partial charge in [0.05, 0.1) is 0 Å². The van der Waals surface area contributed by atoms with Gasteiger partial charge in [-0.15, -0.1) is 0 Å². The normalized spacial score (nSPS) is 9.75. The van der Waals surface area contributed by atoms with Crippen molar-refractivity contribution in [1.29, 1.82) is 0 Å². The van der Waals surface area contributed by atoms with Crippen molar-refractivity contribution in [3.05, 3.63) is 17.3 Å². The lowest BCUT2D eigenvalue weighted by Crippen LogP contribution is -2.19. The fourth-order valence-electron chi connectivity index (χ4n) is 0.761. The predicted molar refractivity (Wildman–Crippen MR) is 38.3 cm³/mol. The third-order valence-electron chi connectivity index (χ3n) is 1.19. The molecular formula is C6H7N3O3. The van der Waals surface area contributed by atoms with E-state index in [4.69, 9.17) is 15.9 Å². The van der Waals surface area contributed by atoms with E-state index in [9.17, 15) is 9.59 Å². The van der Waals surface area contributed by atoms with Crippen molar-refractivity contribution >= 4 is 11.8 Å². The standard InChI is InChI=1S/C6H7N3O3/c1-2-9-3(5(7)10)4(12-2)6(8)11/h1H3,(H2,7,10)(H2,8,11). The van der Waals surface area contributed by atoms with Crippen LogP contribution in [0.4, 0.5) is 0 Å². The van der Waals surface area contributed by atoms with Crippen molar-refractivity contribution in [2.24, 2.45) is 11.5 Å². The summed E-state index contributed by atoms with van der Waals surface area (Å²) < 4.78 is 4.75. The number of carbonyl (C=O) groups excluding carboxylic acids is 2. The topological polar surface area (TPSA) is 112 Å². The Bertz CT molecular complexity index is 310. The second kappa shape index (κ2) is 2.65. The molecule has 6 nitrogen and oxygen atoms in total. The van der Waals surface area contributed by atoms with E-state index in [0.717, 1.165) is 0 Å². The third kappa shape index (κ3) is 1.26. The molecule has 0 aliphatic heterocycles. The molecule has 0 bridgehead atoms. The average molecular weight is 169 g/mol. The summed E-state index contributed by atoms with van der Waals surface area (Å²) in [5.41, 5.74) is 9.56. The molecule has 12 heavy (non-hydrogen) atoms. The van der Waals surface area contributed by atoms with Gasteiger partial charge in [0.15, 0.2) is 11.6 Å². The summed E-state index contributed by atoms with van der Waals surface area (Å²) in [5, 5.41) is 0. The minimum absolute atomic E-state index is 0.178. The van der Waals surface area contributed by atoms with Crippen molar-refractivity contribution in [2.45, 2.75) is 6.92 Å². The van der Waals surface area contributed by atoms with Gasteiger partial charge in [-0.1, -0.05) is 0 Å². The predicted octanol–water partition coefficient (Wildman–Crippen LogP) is -0.819. The highest BCUT2D eigenvalue weighted by Crippen LogP contribution is 2.08. The zero-order chi connectivity index (χ0) is 9.30. The number of amides is 2. The lowest BCUT2D eigenvalue weighted by atomic mass is 10.3. The summed E-state index contributed by atoms with van der Waals surface area (Å²) >= 11 is 0. The van der Waals surface area contributed by atoms with Crippen LogP contribution in [-0.4, -0.2) is 16.8 Å². The molecular weight excluding hydrogens is 162 g/mol. The number of primary amides is 2. The van der Waals surface area contributed by atoms with Crippen molar-refractivity contribution in [1.82, 2.24) is 4.98 Å². The molecule has 1 aromatic rings. The Labute approximate surface area is 67.5 Å². The highest BCUT2D eigenvalue weighted by atomic mass is 16.4. The van der Waals surface area contributed by atoms with Gasteiger partial charge in [0.1, 0.15) is 0 Å². The van der Waals surface area contributed by atoms with E-state index in [1.54, 1.807) is 0 Å². The molecule has 1 heterocycles. The van der Waals surface area contributed by atoms with E-state index in [0.29, 0.717) is 0 Å². The van der Waals surface area contributed by atoms with Crippen molar-refractivity contribution in [3.63, 3.8) is 0 Å². The zero-order valence-electron chi connectivity index (χ0n) is 6.33. The fourth-order valence-corrected chi connectivity index (χ4v) is 0.761. The first kappa shape index (κ1) is 8.25. The Morgan fingerprint density at radius 2 is 1.92 bits per heavy atom. The fraction of sp³-hybridized carbons (Fsp3) is 0.167. The zero-order valence-corrected chi connectivity index (χ0v) is 6.33. The molecule has 0 aliphatic rings. The smallest absolute Gasteiger partial charge is 0.287 e. The van der Waals surface area contributed by atoms with Crippen LogP contribution < -0.4 is 11.5 Å². The van der Waals surface area contributed by atoms with Crippen molar-refractivity contribution in [2.75, 3.05) is 0 Å². The van der Waals surface area contributed by atoms with Crippen LogP contribution in [0.15, 0.2) is 4.42 Å². The number of oxazole rings is 1. The first-order valence-corrected chi connectivity index (χ1v) is 3.09. The Morgan fingerprint density at radius 1 is 1.33 bits per heavy atom. The number of aryl methyl sites for hydroxylation is 1. The number of nitrogens with two attached hydrogens (primary N) is 2. The molecule has 0 atom stereocenters. The number of aromatic nitrogens is 1. The van der Waals surface area contributed by atoms with E-state index in [2.05, 4.69) is 4.98 Å². The van der Waals surface area contributed by atoms with Gasteiger partial charge in [-0.3, -0.25) is 9.59 Å². The minimum Gasteiger partial charge on any atom is -0.435 e. The molecule has 0 spiro atoms. The average Bonchev–Trinajstić information content (AvgIpc) is 2.31. The molecule has 0 aromatic carbocycles. The highest BCUT2D eigenvalue weighted by molar-refractivity contribution is 6.02. The lowest BCUT2D eigenvalue weighted by molar-refractivity contribution is 0.0945. The van der Waals surface area contributed by atoms with Crippen LogP contribution in [0, 0.1) is 6.92 Å². The molecule has 0 radical (unpaired) electrons. The maximum atomic E-state index is 10.6. The van der Waals surface area contributed by atoms with E-state index in [1.165, 1.54) is 6.92 Å². The number of hydrogen-bond donors (Lipinski definition) is 2. The summed E-state index contributed by atoms with van der Waals surface area (Å²) in [7, 11) is 0. The van der Waals surface area contributed by atoms with Crippen LogP contribution >= 0.6 is 0 Å². The van der Waals surface area contributed by atoms with Crippen molar-refractivity contribution in [3.8, 4) is 0 Å². The molecule has 2 amide bonds. The van der Waals surface area contributed by atoms with Crippen LogP contribution in [0.2, 0.25) is 0 Å². The summed E-state index contributed by atoms with van der Waals surface area (Å²) in [5.74, 6) is -1.80. The summed E-state index contributed by atoms with van der Waals surface area (Å²) in [6, 6.07) is 0. The molecule has 0 fully saturated rings. The van der Waals surface area contributed by atoms with Gasteiger partial charge in [-0.25, -0.2) is 4.98 Å². The molecule has 0 unspecified atom stereocenters. The molecule has 64 valence electrons. The molecule has 0 aliphatic carbocycles. The Morgan fingerprint density at radius 3 is 2.25 bits per heavy atom. The van der Waals surface area contributed by atoms with Gasteiger partial charge in [0.25, 0.3) is 11.8 Å². The van der Waals surface area contributed by atoms with Crippen molar-refractivity contribution < 1.29 is 14.0 Å². The van der Waals surface area contributed by atoms with Crippen LogP contribution in [0.3, 0.4) is 0 Å². The molecule has 4 N–H and O–H groups in total. The number of rotatable bonds is 2. The molecule has 6 heteroatoms. The molecule has 0 saturated heterocycles. The highest BCUT2D eigenvalue weighted by Gasteiger charge is 2.19. The number of nitrogens with zero attached hydrogens (tertiary/aromatic N) is 1. The maximum Gasteiger partial charge on any atom is 0.287 e. The summed E-state index contributed by atoms with van der Waals surface area (Å²) in [4.78, 5) is 24.8. The maximum absolute atomic E-state index is 10.6. The van der Waals surface area contributed by atoms with Gasteiger partial charge >= 0.3 is 0 Å². The minimum atomic E-state index is -0.857. The van der Waals surface area contributed by atoms with Crippen LogP contribution in [0.1, 0.15) is 26.9 Å². The van der Waals surface area contributed by atoms with E-state index in [1.807, 2.05) is 0 Å². The Kier molecular flexibility index (Phi) is 1.82. The summed E-state index contributed by atoms with van der Waals surface area (Å²) in [6.45, 7) is 1.48. The van der Waals surface area contributed by atoms with Crippen LogP contribution in [-0.2, 0) is 0 Å². The lowest BCUT2D eigenvalue weighted by Gasteiger charge is -1.88. The second-order valence-corrected chi connectivity index (χ2v) is 2.14. The van der Waals surface area contributed by atoms with Gasteiger partial charge in [-0.2, -0.15) is 0 Å². The molecule has 1 aromatic heterocycles.